The largest absolute Gasteiger partial charge is 0.265 e. The highest BCUT2D eigenvalue weighted by Crippen LogP contribution is 2.28. The van der Waals surface area contributed by atoms with Gasteiger partial charge in [-0.15, -0.1) is 11.6 Å². The van der Waals surface area contributed by atoms with E-state index in [1.165, 1.54) is 0 Å². The van der Waals surface area contributed by atoms with Crippen LogP contribution in [0, 0.1) is 0 Å². The lowest BCUT2D eigenvalue weighted by atomic mass is 9.98. The van der Waals surface area contributed by atoms with Crippen LogP contribution in [0.5, 0.6) is 0 Å². The number of pyridine rings is 2. The predicted molar refractivity (Wildman–Crippen MR) is 82.5 cm³/mol. The molecule has 0 aliphatic heterocycles. The minimum Gasteiger partial charge on any atom is -0.265 e. The molecule has 0 N–H and O–H groups in total. The molecular weight excluding hydrogens is 268 g/mol. The Bertz CT molecular complexity index is 639. The van der Waals surface area contributed by atoms with Crippen molar-refractivity contribution in [3.8, 4) is 22.3 Å². The van der Waals surface area contributed by atoms with Crippen LogP contribution in [0.4, 0.5) is 0 Å². The van der Waals surface area contributed by atoms with Gasteiger partial charge in [-0.2, -0.15) is 0 Å². The SMILES string of the molecule is ClCc1cc(-c2ccncc2)cc(-c2cccnc2)c1. The molecule has 2 aromatic heterocycles. The Hall–Kier alpha value is -2.19. The summed E-state index contributed by atoms with van der Waals surface area (Å²) in [7, 11) is 0. The van der Waals surface area contributed by atoms with Gasteiger partial charge < -0.3 is 0 Å². The van der Waals surface area contributed by atoms with E-state index in [0.29, 0.717) is 5.88 Å². The number of halogens is 1. The molecule has 3 aromatic rings. The Kier molecular flexibility index (Phi) is 3.75. The zero-order chi connectivity index (χ0) is 13.8. The predicted octanol–water partition coefficient (Wildman–Crippen LogP) is 4.55. The first kappa shape index (κ1) is 12.8. The third kappa shape index (κ3) is 2.70. The van der Waals surface area contributed by atoms with Crippen molar-refractivity contribution in [2.45, 2.75) is 5.88 Å². The second-order valence-corrected chi connectivity index (χ2v) is 4.80. The summed E-state index contributed by atoms with van der Waals surface area (Å²) >= 11 is 6.02. The number of alkyl halides is 1. The molecule has 0 fully saturated rings. The summed E-state index contributed by atoms with van der Waals surface area (Å²) in [5.41, 5.74) is 5.60. The summed E-state index contributed by atoms with van der Waals surface area (Å²) in [6.45, 7) is 0. The number of aromatic nitrogens is 2. The van der Waals surface area contributed by atoms with Crippen LogP contribution < -0.4 is 0 Å². The van der Waals surface area contributed by atoms with E-state index in [-0.39, 0.29) is 0 Å². The molecule has 2 nitrogen and oxygen atoms in total. The average Bonchev–Trinajstić information content (AvgIpc) is 2.56. The molecule has 3 heteroatoms. The highest BCUT2D eigenvalue weighted by Gasteiger charge is 2.05. The molecule has 98 valence electrons. The molecule has 3 rings (SSSR count). The van der Waals surface area contributed by atoms with Crippen molar-refractivity contribution in [1.29, 1.82) is 0 Å². The van der Waals surface area contributed by atoms with Crippen molar-refractivity contribution in [1.82, 2.24) is 9.97 Å². The zero-order valence-corrected chi connectivity index (χ0v) is 11.6. The minimum atomic E-state index is 0.492. The molecule has 0 atom stereocenters. The van der Waals surface area contributed by atoms with Gasteiger partial charge in [0.2, 0.25) is 0 Å². The Labute approximate surface area is 123 Å². The van der Waals surface area contributed by atoms with Crippen molar-refractivity contribution in [3.63, 3.8) is 0 Å². The minimum absolute atomic E-state index is 0.492. The first-order chi connectivity index (χ1) is 9.86. The molecule has 2 heterocycles. The van der Waals surface area contributed by atoms with Crippen LogP contribution in [-0.4, -0.2) is 9.97 Å². The van der Waals surface area contributed by atoms with Crippen LogP contribution in [0.3, 0.4) is 0 Å². The molecule has 0 saturated heterocycles. The lowest BCUT2D eigenvalue weighted by molar-refractivity contribution is 1.31. The number of benzene rings is 1. The van der Waals surface area contributed by atoms with E-state index in [1.807, 2.05) is 24.4 Å². The maximum absolute atomic E-state index is 6.02. The molecule has 1 aromatic carbocycles. The van der Waals surface area contributed by atoms with Gasteiger partial charge in [-0.05, 0) is 58.7 Å². The molecule has 0 spiro atoms. The number of nitrogens with zero attached hydrogens (tertiary/aromatic N) is 2. The summed E-state index contributed by atoms with van der Waals surface area (Å²) in [6.07, 6.45) is 7.24. The molecular formula is C17H13ClN2. The summed E-state index contributed by atoms with van der Waals surface area (Å²) in [6, 6.07) is 14.4. The zero-order valence-electron chi connectivity index (χ0n) is 10.8. The van der Waals surface area contributed by atoms with Crippen molar-refractivity contribution < 1.29 is 0 Å². The maximum Gasteiger partial charge on any atom is 0.0474 e. The van der Waals surface area contributed by atoms with E-state index in [0.717, 1.165) is 27.8 Å². The number of hydrogen-bond donors (Lipinski definition) is 0. The second kappa shape index (κ2) is 5.85. The van der Waals surface area contributed by atoms with Crippen LogP contribution in [0.1, 0.15) is 5.56 Å². The fourth-order valence-corrected chi connectivity index (χ4v) is 2.33. The smallest absolute Gasteiger partial charge is 0.0474 e. The Morgan fingerprint density at radius 3 is 2.15 bits per heavy atom. The van der Waals surface area contributed by atoms with Crippen molar-refractivity contribution in [2.75, 3.05) is 0 Å². The summed E-state index contributed by atoms with van der Waals surface area (Å²) in [5.74, 6) is 0.492. The van der Waals surface area contributed by atoms with Crippen LogP contribution in [0.25, 0.3) is 22.3 Å². The normalized spacial score (nSPS) is 10.4. The van der Waals surface area contributed by atoms with Gasteiger partial charge in [0.05, 0.1) is 0 Å². The van der Waals surface area contributed by atoms with E-state index in [2.05, 4.69) is 34.2 Å². The lowest BCUT2D eigenvalue weighted by Gasteiger charge is -2.08. The van der Waals surface area contributed by atoms with Crippen LogP contribution in [0.15, 0.2) is 67.3 Å². The van der Waals surface area contributed by atoms with E-state index in [1.54, 1.807) is 18.6 Å². The van der Waals surface area contributed by atoms with E-state index in [4.69, 9.17) is 11.6 Å². The maximum atomic E-state index is 6.02. The molecule has 0 bridgehead atoms. The van der Waals surface area contributed by atoms with Crippen LogP contribution >= 0.6 is 11.6 Å². The third-order valence-corrected chi connectivity index (χ3v) is 3.46. The molecule has 20 heavy (non-hydrogen) atoms. The lowest BCUT2D eigenvalue weighted by Crippen LogP contribution is -1.87. The van der Waals surface area contributed by atoms with Gasteiger partial charge in [0.1, 0.15) is 0 Å². The molecule has 0 saturated carbocycles. The first-order valence-corrected chi connectivity index (χ1v) is 6.91. The van der Waals surface area contributed by atoms with Gasteiger partial charge in [-0.25, -0.2) is 0 Å². The third-order valence-electron chi connectivity index (χ3n) is 3.16. The van der Waals surface area contributed by atoms with Crippen molar-refractivity contribution in [3.05, 3.63) is 72.8 Å². The van der Waals surface area contributed by atoms with Crippen LogP contribution in [-0.2, 0) is 5.88 Å². The van der Waals surface area contributed by atoms with Gasteiger partial charge >= 0.3 is 0 Å². The molecule has 0 radical (unpaired) electrons. The first-order valence-electron chi connectivity index (χ1n) is 6.37. The van der Waals surface area contributed by atoms with Gasteiger partial charge in [0.25, 0.3) is 0 Å². The summed E-state index contributed by atoms with van der Waals surface area (Å²) in [5, 5.41) is 0. The second-order valence-electron chi connectivity index (χ2n) is 4.53. The molecule has 0 amide bonds. The fraction of sp³-hybridized carbons (Fsp3) is 0.0588. The molecule has 0 unspecified atom stereocenters. The topological polar surface area (TPSA) is 25.8 Å². The highest BCUT2D eigenvalue weighted by atomic mass is 35.5. The van der Waals surface area contributed by atoms with Gasteiger partial charge in [0.15, 0.2) is 0 Å². The standard InChI is InChI=1S/C17H13ClN2/c18-11-13-8-16(14-3-6-19-7-4-14)10-17(9-13)15-2-1-5-20-12-15/h1-10,12H,11H2. The van der Waals surface area contributed by atoms with Gasteiger partial charge in [-0.1, -0.05) is 6.07 Å². The highest BCUT2D eigenvalue weighted by molar-refractivity contribution is 6.17. The van der Waals surface area contributed by atoms with Crippen molar-refractivity contribution >= 4 is 11.6 Å². The Morgan fingerprint density at radius 2 is 1.50 bits per heavy atom. The molecule has 0 aliphatic carbocycles. The van der Waals surface area contributed by atoms with E-state index in [9.17, 15) is 0 Å². The summed E-state index contributed by atoms with van der Waals surface area (Å²) in [4.78, 5) is 8.23. The van der Waals surface area contributed by atoms with Crippen molar-refractivity contribution in [2.24, 2.45) is 0 Å². The van der Waals surface area contributed by atoms with E-state index < -0.39 is 0 Å². The fourth-order valence-electron chi connectivity index (χ4n) is 2.18. The molecule has 0 aliphatic rings. The Balaban J connectivity index is 2.13. The van der Waals surface area contributed by atoms with Gasteiger partial charge in [0, 0.05) is 36.2 Å². The number of hydrogen-bond acceptors (Lipinski definition) is 2. The number of rotatable bonds is 3. The van der Waals surface area contributed by atoms with E-state index >= 15 is 0 Å². The monoisotopic (exact) mass is 280 g/mol. The van der Waals surface area contributed by atoms with Gasteiger partial charge in [-0.3, -0.25) is 9.97 Å². The Morgan fingerprint density at radius 1 is 0.750 bits per heavy atom. The van der Waals surface area contributed by atoms with Crippen LogP contribution in [0.2, 0.25) is 0 Å². The summed E-state index contributed by atoms with van der Waals surface area (Å²) < 4.78 is 0. The average molecular weight is 281 g/mol. The quantitative estimate of drug-likeness (QED) is 0.658.